The largest absolute Gasteiger partial charge is 0.278 e. The van der Waals surface area contributed by atoms with Crippen molar-refractivity contribution in [3.8, 4) is 0 Å². The van der Waals surface area contributed by atoms with E-state index in [1.165, 1.54) is 18.2 Å². The maximum absolute atomic E-state index is 12.8. The minimum Gasteiger partial charge on any atom is -0.241 e. The van der Waals surface area contributed by atoms with Gasteiger partial charge < -0.3 is 0 Å². The molecule has 0 spiro atoms. The van der Waals surface area contributed by atoms with E-state index in [9.17, 15) is 8.42 Å². The van der Waals surface area contributed by atoms with Gasteiger partial charge in [0, 0.05) is 28.2 Å². The molecule has 9 heteroatoms. The van der Waals surface area contributed by atoms with Gasteiger partial charge in [0.25, 0.3) is 10.0 Å². The number of thiazole rings is 1. The molecule has 0 aliphatic rings. The lowest BCUT2D eigenvalue weighted by atomic mass is 10.1. The summed E-state index contributed by atoms with van der Waals surface area (Å²) in [7, 11) is -3.91. The topological polar surface area (TPSA) is 50.3 Å². The number of nitrogens with zero attached hydrogens (tertiary/aromatic N) is 2. The fraction of sp³-hybridized carbons (Fsp3) is 0.0500. The van der Waals surface area contributed by atoms with Gasteiger partial charge in [0.15, 0.2) is 0 Å². The van der Waals surface area contributed by atoms with Crippen molar-refractivity contribution in [1.82, 2.24) is 4.98 Å². The maximum Gasteiger partial charge on any atom is 0.278 e. The van der Waals surface area contributed by atoms with Gasteiger partial charge in [-0.25, -0.2) is 4.98 Å². The number of anilines is 1. The van der Waals surface area contributed by atoms with Gasteiger partial charge in [-0.2, -0.15) is 12.2 Å². The van der Waals surface area contributed by atoms with Crippen molar-refractivity contribution in [3.63, 3.8) is 0 Å². The van der Waals surface area contributed by atoms with Crippen LogP contribution in [0, 0.1) is 0 Å². The minimum absolute atomic E-state index is 0.0968. The van der Waals surface area contributed by atoms with Crippen LogP contribution in [0.2, 0.25) is 10.0 Å². The maximum atomic E-state index is 12.8. The standard InChI is InChI=1S/C20H13Cl3N2O2S2/c21-14-6-7-19-18(12-14)24-20(28-19)10-13-8-15(22)11-16(9-13)25(23)29(26,27)17-4-2-1-3-5-17/h1-9,11-12H,10H2. The highest BCUT2D eigenvalue weighted by atomic mass is 35.5. The summed E-state index contributed by atoms with van der Waals surface area (Å²) in [5.41, 5.74) is 1.89. The molecule has 0 amide bonds. The molecule has 3 aromatic carbocycles. The van der Waals surface area contributed by atoms with E-state index >= 15 is 0 Å². The van der Waals surface area contributed by atoms with Crippen LogP contribution >= 0.6 is 46.3 Å². The van der Waals surface area contributed by atoms with Crippen LogP contribution in [-0.4, -0.2) is 13.4 Å². The zero-order valence-corrected chi connectivity index (χ0v) is 18.6. The Balaban J connectivity index is 1.66. The molecular weight excluding hydrogens is 471 g/mol. The lowest BCUT2D eigenvalue weighted by Gasteiger charge is -2.17. The second-order valence-electron chi connectivity index (χ2n) is 6.25. The third-order valence-corrected chi connectivity index (χ3v) is 7.88. The van der Waals surface area contributed by atoms with Gasteiger partial charge in [-0.05, 0) is 54.1 Å². The summed E-state index contributed by atoms with van der Waals surface area (Å²) in [6.07, 6.45) is 0.487. The van der Waals surface area contributed by atoms with Crippen LogP contribution in [0.4, 0.5) is 5.69 Å². The van der Waals surface area contributed by atoms with Crippen molar-refractivity contribution in [2.24, 2.45) is 0 Å². The predicted molar refractivity (Wildman–Crippen MR) is 121 cm³/mol. The zero-order chi connectivity index (χ0) is 20.6. The highest BCUT2D eigenvalue weighted by Crippen LogP contribution is 2.32. The van der Waals surface area contributed by atoms with E-state index in [0.29, 0.717) is 16.5 Å². The Labute approximate surface area is 187 Å². The number of hydrogen-bond acceptors (Lipinski definition) is 4. The fourth-order valence-corrected chi connectivity index (χ4v) is 5.67. The van der Waals surface area contributed by atoms with E-state index in [0.717, 1.165) is 24.6 Å². The van der Waals surface area contributed by atoms with Gasteiger partial charge >= 0.3 is 0 Å². The monoisotopic (exact) mass is 482 g/mol. The Hall–Kier alpha value is -1.83. The molecule has 0 fully saturated rings. The van der Waals surface area contributed by atoms with Crippen LogP contribution < -0.4 is 3.82 Å². The van der Waals surface area contributed by atoms with Crippen LogP contribution in [0.3, 0.4) is 0 Å². The van der Waals surface area contributed by atoms with E-state index in [2.05, 4.69) is 4.98 Å². The molecule has 0 bridgehead atoms. The highest BCUT2D eigenvalue weighted by Gasteiger charge is 2.24. The van der Waals surface area contributed by atoms with Crippen molar-refractivity contribution in [2.75, 3.05) is 3.82 Å². The third-order valence-electron chi connectivity index (χ3n) is 4.15. The first-order chi connectivity index (χ1) is 13.8. The molecule has 0 N–H and O–H groups in total. The molecule has 0 aliphatic heterocycles. The number of halogens is 3. The highest BCUT2D eigenvalue weighted by molar-refractivity contribution is 7.94. The van der Waals surface area contributed by atoms with Crippen molar-refractivity contribution in [2.45, 2.75) is 11.3 Å². The number of benzene rings is 3. The Morgan fingerprint density at radius 2 is 1.69 bits per heavy atom. The zero-order valence-electron chi connectivity index (χ0n) is 14.7. The quantitative estimate of drug-likeness (QED) is 0.303. The van der Waals surface area contributed by atoms with E-state index in [1.54, 1.807) is 41.7 Å². The van der Waals surface area contributed by atoms with E-state index in [1.807, 2.05) is 18.2 Å². The second kappa shape index (κ2) is 8.13. The number of aromatic nitrogens is 1. The average molecular weight is 484 g/mol. The smallest absolute Gasteiger partial charge is 0.241 e. The summed E-state index contributed by atoms with van der Waals surface area (Å²) in [6, 6.07) is 18.5. The molecule has 0 unspecified atom stereocenters. The fourth-order valence-electron chi connectivity index (χ4n) is 2.86. The first-order valence-corrected chi connectivity index (χ1v) is 11.8. The molecule has 1 aromatic heterocycles. The van der Waals surface area contributed by atoms with Crippen molar-refractivity contribution in [1.29, 1.82) is 0 Å². The Kier molecular flexibility index (Phi) is 5.73. The molecule has 4 rings (SSSR count). The molecule has 0 radical (unpaired) electrons. The van der Waals surface area contributed by atoms with E-state index in [-0.39, 0.29) is 10.6 Å². The number of fused-ring (bicyclic) bond motifs is 1. The summed E-state index contributed by atoms with van der Waals surface area (Å²) in [5.74, 6) is 0. The first-order valence-electron chi connectivity index (χ1n) is 8.43. The molecule has 0 aliphatic carbocycles. The first kappa shape index (κ1) is 20.4. The summed E-state index contributed by atoms with van der Waals surface area (Å²) < 4.78 is 27.3. The molecule has 4 aromatic rings. The summed E-state index contributed by atoms with van der Waals surface area (Å²) in [6.45, 7) is 0. The van der Waals surface area contributed by atoms with Crippen LogP contribution in [-0.2, 0) is 16.4 Å². The predicted octanol–water partition coefficient (Wildman–Crippen LogP) is 6.54. The van der Waals surface area contributed by atoms with Crippen LogP contribution in [0.5, 0.6) is 0 Å². The summed E-state index contributed by atoms with van der Waals surface area (Å²) in [5, 5.41) is 1.88. The van der Waals surface area contributed by atoms with Crippen molar-refractivity contribution in [3.05, 3.63) is 87.3 Å². The van der Waals surface area contributed by atoms with E-state index < -0.39 is 10.0 Å². The number of sulfonamides is 1. The normalized spacial score (nSPS) is 11.7. The Morgan fingerprint density at radius 3 is 2.45 bits per heavy atom. The minimum atomic E-state index is -3.91. The number of rotatable bonds is 5. The lowest BCUT2D eigenvalue weighted by molar-refractivity contribution is 0.598. The number of hydrogen-bond donors (Lipinski definition) is 0. The van der Waals surface area contributed by atoms with Crippen molar-refractivity contribution >= 4 is 72.2 Å². The molecular formula is C20H13Cl3N2O2S2. The van der Waals surface area contributed by atoms with Crippen LogP contribution in [0.15, 0.2) is 71.6 Å². The summed E-state index contributed by atoms with van der Waals surface area (Å²) in [4.78, 5) is 4.69. The van der Waals surface area contributed by atoms with Gasteiger partial charge in [-0.15, -0.1) is 11.3 Å². The molecule has 148 valence electrons. The van der Waals surface area contributed by atoms with Gasteiger partial charge in [-0.1, -0.05) is 41.4 Å². The van der Waals surface area contributed by atoms with Gasteiger partial charge in [-0.3, -0.25) is 0 Å². The molecule has 0 atom stereocenters. The molecule has 4 nitrogen and oxygen atoms in total. The van der Waals surface area contributed by atoms with Gasteiger partial charge in [0.1, 0.15) is 0 Å². The second-order valence-corrected chi connectivity index (χ2v) is 10.6. The summed E-state index contributed by atoms with van der Waals surface area (Å²) >= 11 is 20.0. The van der Waals surface area contributed by atoms with Crippen molar-refractivity contribution < 1.29 is 8.42 Å². The van der Waals surface area contributed by atoms with E-state index in [4.69, 9.17) is 35.0 Å². The Morgan fingerprint density at radius 1 is 0.931 bits per heavy atom. The van der Waals surface area contributed by atoms with Crippen LogP contribution in [0.1, 0.15) is 10.6 Å². The molecule has 29 heavy (non-hydrogen) atoms. The SMILES string of the molecule is O=S(=O)(c1ccccc1)N(Cl)c1cc(Cl)cc(Cc2nc3cc(Cl)ccc3s2)c1. The average Bonchev–Trinajstić information content (AvgIpc) is 3.08. The lowest BCUT2D eigenvalue weighted by Crippen LogP contribution is -2.21. The Bertz CT molecular complexity index is 1290. The molecule has 1 heterocycles. The molecule has 0 saturated carbocycles. The third kappa shape index (κ3) is 4.37. The van der Waals surface area contributed by atoms with Gasteiger partial charge in [0.2, 0.25) is 0 Å². The van der Waals surface area contributed by atoms with Gasteiger partial charge in [0.05, 0.1) is 25.8 Å². The van der Waals surface area contributed by atoms with Crippen LogP contribution in [0.25, 0.3) is 10.2 Å². The molecule has 0 saturated heterocycles.